The molecule has 0 unspecified atom stereocenters. The molecule has 3 amide bonds. The highest BCUT2D eigenvalue weighted by Crippen LogP contribution is 2.34. The van der Waals surface area contributed by atoms with Crippen LogP contribution in [-0.4, -0.2) is 35.1 Å². The summed E-state index contributed by atoms with van der Waals surface area (Å²) in [5, 5.41) is 8.13. The van der Waals surface area contributed by atoms with Gasteiger partial charge in [0.05, 0.1) is 19.3 Å². The van der Waals surface area contributed by atoms with Crippen molar-refractivity contribution in [1.29, 1.82) is 0 Å². The Balaban J connectivity index is 1.89. The first-order valence-electron chi connectivity index (χ1n) is 12.7. The summed E-state index contributed by atoms with van der Waals surface area (Å²) in [7, 11) is 0. The minimum absolute atomic E-state index is 0.199. The average Bonchev–Trinajstić information content (AvgIpc) is 2.86. The van der Waals surface area contributed by atoms with Crippen molar-refractivity contribution in [3.63, 3.8) is 0 Å². The number of hydrogen-bond acceptors (Lipinski definition) is 6. The van der Waals surface area contributed by atoms with Crippen molar-refractivity contribution in [2.24, 2.45) is 0 Å². The van der Waals surface area contributed by atoms with E-state index in [0.717, 1.165) is 16.7 Å². The minimum Gasteiger partial charge on any atom is -0.326 e. The van der Waals surface area contributed by atoms with Crippen LogP contribution in [0.25, 0.3) is 0 Å². The van der Waals surface area contributed by atoms with E-state index >= 15 is 0 Å². The quantitative estimate of drug-likeness (QED) is 0.226. The van der Waals surface area contributed by atoms with Gasteiger partial charge in [0.15, 0.2) is 0 Å². The van der Waals surface area contributed by atoms with Crippen LogP contribution in [0.4, 0.5) is 17.1 Å². The molecule has 0 aliphatic carbocycles. The molecule has 0 spiro atoms. The largest absolute Gasteiger partial charge is 0.326 e. The molecule has 0 saturated heterocycles. The fourth-order valence-corrected chi connectivity index (χ4v) is 4.15. The van der Waals surface area contributed by atoms with Crippen molar-refractivity contribution in [2.45, 2.75) is 46.0 Å². The second-order valence-electron chi connectivity index (χ2n) is 9.58. The second-order valence-corrected chi connectivity index (χ2v) is 9.58. The van der Waals surface area contributed by atoms with Gasteiger partial charge in [-0.25, -0.2) is 0 Å². The monoisotopic (exact) mass is 541 g/mol. The van der Waals surface area contributed by atoms with E-state index in [1.807, 2.05) is 36.4 Å². The Kier molecular flexibility index (Phi) is 10.2. The Morgan fingerprint density at radius 1 is 0.450 bits per heavy atom. The Hall–Kier alpha value is -4.92. The van der Waals surface area contributed by atoms with E-state index in [4.69, 9.17) is 0 Å². The van der Waals surface area contributed by atoms with Crippen LogP contribution >= 0.6 is 0 Å². The molecule has 3 aromatic rings. The fraction of sp³-hybridized carbons (Fsp3) is 0.226. The predicted octanol–water partition coefficient (Wildman–Crippen LogP) is 4.62. The molecule has 9 heteroatoms. The van der Waals surface area contributed by atoms with Crippen molar-refractivity contribution >= 4 is 52.1 Å². The summed E-state index contributed by atoms with van der Waals surface area (Å²) in [6.45, 7) is 4.06. The van der Waals surface area contributed by atoms with E-state index in [1.165, 1.54) is 20.8 Å². The van der Waals surface area contributed by atoms with Gasteiger partial charge in [0.25, 0.3) is 0 Å². The van der Waals surface area contributed by atoms with Crippen molar-refractivity contribution in [1.82, 2.24) is 0 Å². The molecule has 40 heavy (non-hydrogen) atoms. The smallest absolute Gasteiger partial charge is 0.231 e. The topological polar surface area (TPSA) is 139 Å². The zero-order valence-corrected chi connectivity index (χ0v) is 22.6. The molecule has 3 rings (SSSR count). The molecule has 0 fully saturated rings. The van der Waals surface area contributed by atoms with Crippen LogP contribution in [0.2, 0.25) is 0 Å². The van der Waals surface area contributed by atoms with Gasteiger partial charge in [-0.2, -0.15) is 0 Å². The molecular weight excluding hydrogens is 510 g/mol. The summed E-state index contributed by atoms with van der Waals surface area (Å²) < 4.78 is 0. The van der Waals surface area contributed by atoms with Gasteiger partial charge in [0.2, 0.25) is 17.7 Å². The Morgan fingerprint density at radius 2 is 0.675 bits per heavy atom. The van der Waals surface area contributed by atoms with Gasteiger partial charge in [0, 0.05) is 23.0 Å². The number of carbonyl (C=O) groups excluding carboxylic acids is 6. The number of benzene rings is 3. The molecule has 0 aliphatic rings. The first kappa shape index (κ1) is 29.6. The van der Waals surface area contributed by atoms with Gasteiger partial charge in [-0.05, 0) is 73.9 Å². The number of rotatable bonds is 12. The van der Waals surface area contributed by atoms with Crippen LogP contribution < -0.4 is 16.0 Å². The second kappa shape index (κ2) is 13.7. The van der Waals surface area contributed by atoms with E-state index in [0.29, 0.717) is 17.1 Å². The van der Waals surface area contributed by atoms with Crippen molar-refractivity contribution < 1.29 is 28.8 Å². The number of anilines is 3. The predicted molar refractivity (Wildman–Crippen MR) is 152 cm³/mol. The van der Waals surface area contributed by atoms with Gasteiger partial charge in [-0.1, -0.05) is 36.4 Å². The SMILES string of the molecule is CC(=O)CC(=O)Nc1ccc(C(c2ccc(NC(=O)CC(C)=O)cc2)c2ccc(NC(=O)CC(C)=O)cc2)cc1. The molecular formula is C31H31N3O6. The Bertz CT molecular complexity index is 1240. The average molecular weight is 542 g/mol. The maximum absolute atomic E-state index is 12.0. The highest BCUT2D eigenvalue weighted by Gasteiger charge is 2.18. The van der Waals surface area contributed by atoms with Gasteiger partial charge in [-0.3, -0.25) is 28.8 Å². The standard InChI is InChI=1S/C31H31N3O6/c1-19(35)16-28(38)32-25-10-4-22(5-11-25)31(23-6-12-26(13-7-23)33-29(39)17-20(2)36)24-8-14-27(15-9-24)34-30(40)18-21(3)37/h4-15,31H,16-18H2,1-3H3,(H,32,38)(H,33,39)(H,34,40). The Morgan fingerprint density at radius 3 is 0.875 bits per heavy atom. The lowest BCUT2D eigenvalue weighted by atomic mass is 9.85. The summed E-state index contributed by atoms with van der Waals surface area (Å²) in [5.41, 5.74) is 4.39. The minimum atomic E-state index is -0.387. The molecule has 3 aromatic carbocycles. The third-order valence-electron chi connectivity index (χ3n) is 5.81. The number of amides is 3. The normalized spacial score (nSPS) is 10.5. The molecule has 0 bridgehead atoms. The molecule has 0 saturated carbocycles. The molecule has 0 atom stereocenters. The van der Waals surface area contributed by atoms with E-state index in [2.05, 4.69) is 16.0 Å². The van der Waals surface area contributed by atoms with Gasteiger partial charge in [-0.15, -0.1) is 0 Å². The maximum Gasteiger partial charge on any atom is 0.231 e. The third-order valence-corrected chi connectivity index (χ3v) is 5.81. The third kappa shape index (κ3) is 9.13. The molecule has 206 valence electrons. The zero-order chi connectivity index (χ0) is 29.2. The highest BCUT2D eigenvalue weighted by molar-refractivity contribution is 6.04. The van der Waals surface area contributed by atoms with Crippen LogP contribution in [-0.2, 0) is 28.8 Å². The van der Waals surface area contributed by atoms with Crippen molar-refractivity contribution in [3.05, 3.63) is 89.5 Å². The van der Waals surface area contributed by atoms with Gasteiger partial charge >= 0.3 is 0 Å². The number of ketones is 3. The Labute approximate surface area is 232 Å². The highest BCUT2D eigenvalue weighted by atomic mass is 16.2. The maximum atomic E-state index is 12.0. The molecule has 9 nitrogen and oxygen atoms in total. The lowest BCUT2D eigenvalue weighted by Gasteiger charge is -2.20. The lowest BCUT2D eigenvalue weighted by Crippen LogP contribution is -2.15. The van der Waals surface area contributed by atoms with Crippen LogP contribution in [0.5, 0.6) is 0 Å². The van der Waals surface area contributed by atoms with E-state index < -0.39 is 0 Å². The zero-order valence-electron chi connectivity index (χ0n) is 22.6. The first-order chi connectivity index (χ1) is 19.0. The van der Waals surface area contributed by atoms with Crippen molar-refractivity contribution in [2.75, 3.05) is 16.0 Å². The molecule has 0 heterocycles. The fourth-order valence-electron chi connectivity index (χ4n) is 4.15. The van der Waals surface area contributed by atoms with Crippen LogP contribution in [0.1, 0.15) is 62.6 Å². The summed E-state index contributed by atoms with van der Waals surface area (Å²) in [5.74, 6) is -2.08. The summed E-state index contributed by atoms with van der Waals surface area (Å²) in [6.07, 6.45) is -0.598. The summed E-state index contributed by atoms with van der Waals surface area (Å²) in [6, 6.07) is 21.8. The molecule has 0 aliphatic heterocycles. The molecule has 3 N–H and O–H groups in total. The van der Waals surface area contributed by atoms with Gasteiger partial charge in [0.1, 0.15) is 17.3 Å². The number of nitrogens with one attached hydrogen (secondary N) is 3. The summed E-state index contributed by atoms with van der Waals surface area (Å²) >= 11 is 0. The number of Topliss-reactive ketones (excluding diaryl/α,β-unsaturated/α-hetero) is 3. The van der Waals surface area contributed by atoms with E-state index in [9.17, 15) is 28.8 Å². The summed E-state index contributed by atoms with van der Waals surface area (Å²) in [4.78, 5) is 69.6. The van der Waals surface area contributed by atoms with Crippen LogP contribution in [0.15, 0.2) is 72.8 Å². The van der Waals surface area contributed by atoms with E-state index in [-0.39, 0.29) is 60.3 Å². The van der Waals surface area contributed by atoms with Crippen molar-refractivity contribution in [3.8, 4) is 0 Å². The van der Waals surface area contributed by atoms with Crippen LogP contribution in [0, 0.1) is 0 Å². The number of hydrogen-bond donors (Lipinski definition) is 3. The first-order valence-corrected chi connectivity index (χ1v) is 12.7. The van der Waals surface area contributed by atoms with E-state index in [1.54, 1.807) is 36.4 Å². The molecule has 0 radical (unpaired) electrons. The molecule has 0 aromatic heterocycles. The number of carbonyl (C=O) groups is 6. The van der Waals surface area contributed by atoms with Gasteiger partial charge < -0.3 is 16.0 Å². The van der Waals surface area contributed by atoms with Crippen LogP contribution in [0.3, 0.4) is 0 Å². The lowest BCUT2D eigenvalue weighted by molar-refractivity contribution is -0.125.